The Morgan fingerprint density at radius 3 is 2.43 bits per heavy atom. The molecule has 1 heterocycles. The second-order valence-corrected chi connectivity index (χ2v) is 8.09. The maximum absolute atomic E-state index is 12.9. The summed E-state index contributed by atoms with van der Waals surface area (Å²) in [6.07, 6.45) is 2.84. The Labute approximate surface area is 165 Å². The molecule has 0 radical (unpaired) electrons. The number of hydrogen-bond donors (Lipinski definition) is 2. The number of carbonyl (C=O) groups excluding carboxylic acids is 2. The summed E-state index contributed by atoms with van der Waals surface area (Å²) in [4.78, 5) is 26.8. The minimum absolute atomic E-state index is 0.0391. The number of nitrogens with one attached hydrogen (secondary N) is 1. The minimum atomic E-state index is -0.445. The molecule has 2 atom stereocenters. The molecule has 0 bridgehead atoms. The first kappa shape index (κ1) is 18.7. The van der Waals surface area contributed by atoms with E-state index in [9.17, 15) is 9.59 Å². The maximum Gasteiger partial charge on any atom is 0.235 e. The molecule has 0 spiro atoms. The SMILES string of the molecule is Cc1ccc(C(NC(=O)CN2Cc3ccccc3C[C@H]2C(N)=O)C2CC2)cc1. The number of rotatable bonds is 6. The van der Waals surface area contributed by atoms with Crippen LogP contribution in [0.3, 0.4) is 0 Å². The molecule has 2 aromatic rings. The van der Waals surface area contributed by atoms with E-state index >= 15 is 0 Å². The van der Waals surface area contributed by atoms with Gasteiger partial charge in [-0.25, -0.2) is 0 Å². The number of fused-ring (bicyclic) bond motifs is 1. The van der Waals surface area contributed by atoms with Gasteiger partial charge in [-0.15, -0.1) is 0 Å². The van der Waals surface area contributed by atoms with Crippen molar-refractivity contribution >= 4 is 11.8 Å². The predicted octanol–water partition coefficient (Wildman–Crippen LogP) is 2.47. The van der Waals surface area contributed by atoms with Gasteiger partial charge < -0.3 is 11.1 Å². The van der Waals surface area contributed by atoms with Gasteiger partial charge in [-0.3, -0.25) is 14.5 Å². The first-order valence-corrected chi connectivity index (χ1v) is 9.97. The molecule has 1 aliphatic heterocycles. The quantitative estimate of drug-likeness (QED) is 0.812. The van der Waals surface area contributed by atoms with Gasteiger partial charge in [0.2, 0.25) is 11.8 Å². The van der Waals surface area contributed by atoms with E-state index < -0.39 is 6.04 Å². The second-order valence-electron chi connectivity index (χ2n) is 8.09. The van der Waals surface area contributed by atoms with E-state index in [1.807, 2.05) is 23.1 Å². The van der Waals surface area contributed by atoms with Crippen molar-refractivity contribution < 1.29 is 9.59 Å². The average Bonchev–Trinajstić information content (AvgIpc) is 3.51. The van der Waals surface area contributed by atoms with Crippen molar-refractivity contribution in [2.24, 2.45) is 11.7 Å². The van der Waals surface area contributed by atoms with Gasteiger partial charge in [0.1, 0.15) is 0 Å². The summed E-state index contributed by atoms with van der Waals surface area (Å²) in [5.41, 5.74) is 10.3. The fourth-order valence-electron chi connectivity index (χ4n) is 4.10. The first-order chi connectivity index (χ1) is 13.5. The van der Waals surface area contributed by atoms with Crippen LogP contribution in [0.5, 0.6) is 0 Å². The Morgan fingerprint density at radius 1 is 1.11 bits per heavy atom. The number of carbonyl (C=O) groups is 2. The highest BCUT2D eigenvalue weighted by Crippen LogP contribution is 2.41. The van der Waals surface area contributed by atoms with Crippen LogP contribution >= 0.6 is 0 Å². The lowest BCUT2D eigenvalue weighted by molar-refractivity contribution is -0.128. The topological polar surface area (TPSA) is 75.4 Å². The molecule has 146 valence electrons. The molecule has 1 aliphatic carbocycles. The lowest BCUT2D eigenvalue weighted by Gasteiger charge is -2.35. The van der Waals surface area contributed by atoms with Crippen molar-refractivity contribution in [3.8, 4) is 0 Å². The highest BCUT2D eigenvalue weighted by Gasteiger charge is 2.35. The number of aryl methyl sites for hydroxylation is 1. The molecule has 2 aliphatic rings. The normalized spacial score (nSPS) is 20.2. The smallest absolute Gasteiger partial charge is 0.235 e. The summed E-state index contributed by atoms with van der Waals surface area (Å²) in [5.74, 6) is 0.0726. The molecule has 5 heteroatoms. The predicted molar refractivity (Wildman–Crippen MR) is 108 cm³/mol. The van der Waals surface area contributed by atoms with Crippen LogP contribution in [0.2, 0.25) is 0 Å². The molecule has 2 aromatic carbocycles. The van der Waals surface area contributed by atoms with E-state index in [2.05, 4.69) is 42.6 Å². The summed E-state index contributed by atoms with van der Waals surface area (Å²) in [6, 6.07) is 16.0. The van der Waals surface area contributed by atoms with Crippen molar-refractivity contribution in [1.29, 1.82) is 0 Å². The van der Waals surface area contributed by atoms with Crippen molar-refractivity contribution in [3.63, 3.8) is 0 Å². The fraction of sp³-hybridized carbons (Fsp3) is 0.391. The zero-order chi connectivity index (χ0) is 19.7. The molecule has 1 saturated carbocycles. The van der Waals surface area contributed by atoms with Crippen molar-refractivity contribution in [3.05, 3.63) is 70.8 Å². The van der Waals surface area contributed by atoms with Crippen LogP contribution < -0.4 is 11.1 Å². The summed E-state index contributed by atoms with van der Waals surface area (Å²) in [7, 11) is 0. The van der Waals surface area contributed by atoms with Gasteiger partial charge in [-0.2, -0.15) is 0 Å². The number of hydrogen-bond acceptors (Lipinski definition) is 3. The summed E-state index contributed by atoms with van der Waals surface area (Å²) in [6.45, 7) is 2.81. The number of amides is 2. The summed E-state index contributed by atoms with van der Waals surface area (Å²) < 4.78 is 0. The molecular formula is C23H27N3O2. The van der Waals surface area contributed by atoms with E-state index in [-0.39, 0.29) is 24.4 Å². The van der Waals surface area contributed by atoms with E-state index in [1.54, 1.807) is 0 Å². The van der Waals surface area contributed by atoms with Crippen LogP contribution in [0.4, 0.5) is 0 Å². The Bertz CT molecular complexity index is 874. The van der Waals surface area contributed by atoms with Crippen LogP contribution in [0.15, 0.2) is 48.5 Å². The molecule has 28 heavy (non-hydrogen) atoms. The van der Waals surface area contributed by atoms with Gasteiger partial charge in [0.05, 0.1) is 18.6 Å². The Kier molecular flexibility index (Phi) is 5.18. The molecule has 0 saturated heterocycles. The number of benzene rings is 2. The van der Waals surface area contributed by atoms with Crippen LogP contribution in [0.1, 0.15) is 41.1 Å². The van der Waals surface area contributed by atoms with Crippen molar-refractivity contribution in [2.75, 3.05) is 6.54 Å². The monoisotopic (exact) mass is 377 g/mol. The molecular weight excluding hydrogens is 350 g/mol. The largest absolute Gasteiger partial charge is 0.368 e. The Morgan fingerprint density at radius 2 is 1.79 bits per heavy atom. The molecule has 5 nitrogen and oxygen atoms in total. The summed E-state index contributed by atoms with van der Waals surface area (Å²) in [5, 5.41) is 3.21. The number of nitrogens with zero attached hydrogens (tertiary/aromatic N) is 1. The third-order valence-corrected chi connectivity index (χ3v) is 5.87. The van der Waals surface area contributed by atoms with Gasteiger partial charge in [0.15, 0.2) is 0 Å². The highest BCUT2D eigenvalue weighted by atomic mass is 16.2. The molecule has 1 unspecified atom stereocenters. The molecule has 2 amide bonds. The van der Waals surface area contributed by atoms with Crippen LogP contribution in [-0.4, -0.2) is 29.3 Å². The maximum atomic E-state index is 12.9. The van der Waals surface area contributed by atoms with Gasteiger partial charge in [-0.1, -0.05) is 54.1 Å². The Balaban J connectivity index is 1.47. The van der Waals surface area contributed by atoms with Crippen LogP contribution in [-0.2, 0) is 22.6 Å². The fourth-order valence-corrected chi connectivity index (χ4v) is 4.10. The zero-order valence-electron chi connectivity index (χ0n) is 16.2. The van der Waals surface area contributed by atoms with E-state index in [4.69, 9.17) is 5.73 Å². The lowest BCUT2D eigenvalue weighted by Crippen LogP contribution is -2.52. The molecule has 0 aromatic heterocycles. The van der Waals surface area contributed by atoms with Crippen molar-refractivity contribution in [2.45, 2.75) is 44.8 Å². The van der Waals surface area contributed by atoms with Gasteiger partial charge >= 0.3 is 0 Å². The molecule has 3 N–H and O–H groups in total. The summed E-state index contributed by atoms with van der Waals surface area (Å²) >= 11 is 0. The minimum Gasteiger partial charge on any atom is -0.368 e. The van der Waals surface area contributed by atoms with E-state index in [0.29, 0.717) is 18.9 Å². The van der Waals surface area contributed by atoms with E-state index in [0.717, 1.165) is 29.5 Å². The molecule has 4 rings (SSSR count). The zero-order valence-corrected chi connectivity index (χ0v) is 16.2. The highest BCUT2D eigenvalue weighted by molar-refractivity contribution is 5.83. The first-order valence-electron chi connectivity index (χ1n) is 9.97. The van der Waals surface area contributed by atoms with Crippen LogP contribution in [0, 0.1) is 12.8 Å². The molecule has 1 fully saturated rings. The lowest BCUT2D eigenvalue weighted by atomic mass is 9.93. The third-order valence-electron chi connectivity index (χ3n) is 5.87. The standard InChI is InChI=1S/C23H27N3O2/c1-15-6-8-16(9-7-15)22(17-10-11-17)25-21(27)14-26-13-19-5-3-2-4-18(19)12-20(26)23(24)28/h2-9,17,20,22H,10-14H2,1H3,(H2,24,28)(H,25,27)/t20-,22?/m0/s1. The second kappa shape index (κ2) is 7.76. The van der Waals surface area contributed by atoms with Gasteiger partial charge in [0.25, 0.3) is 0 Å². The van der Waals surface area contributed by atoms with E-state index in [1.165, 1.54) is 5.56 Å². The number of primary amides is 1. The van der Waals surface area contributed by atoms with Gasteiger partial charge in [-0.05, 0) is 48.8 Å². The Hall–Kier alpha value is -2.66. The third kappa shape index (κ3) is 4.09. The van der Waals surface area contributed by atoms with Crippen LogP contribution in [0.25, 0.3) is 0 Å². The van der Waals surface area contributed by atoms with Gasteiger partial charge in [0, 0.05) is 6.54 Å². The average molecular weight is 377 g/mol. The van der Waals surface area contributed by atoms with Crippen molar-refractivity contribution in [1.82, 2.24) is 10.2 Å². The number of nitrogens with two attached hydrogens (primary N) is 1.